The van der Waals surface area contributed by atoms with Gasteiger partial charge in [-0.15, -0.1) is 0 Å². The van der Waals surface area contributed by atoms with Crippen LogP contribution in [0.5, 0.6) is 0 Å². The smallest absolute Gasteiger partial charge is 0.174 e. The normalized spacial score (nSPS) is 19.0. The van der Waals surface area contributed by atoms with Crippen molar-refractivity contribution in [1.29, 1.82) is 0 Å². The van der Waals surface area contributed by atoms with Crippen molar-refractivity contribution in [2.24, 2.45) is 4.99 Å². The first kappa shape index (κ1) is 15.2. The van der Waals surface area contributed by atoms with Crippen molar-refractivity contribution in [2.75, 3.05) is 4.90 Å². The van der Waals surface area contributed by atoms with Crippen LogP contribution in [0.4, 0.5) is 5.69 Å². The maximum Gasteiger partial charge on any atom is 0.174 e. The highest BCUT2D eigenvalue weighted by molar-refractivity contribution is 8.14. The quantitative estimate of drug-likeness (QED) is 0.784. The van der Waals surface area contributed by atoms with Gasteiger partial charge in [-0.3, -0.25) is 4.79 Å². The minimum absolute atomic E-state index is 0.0789. The van der Waals surface area contributed by atoms with E-state index in [0.29, 0.717) is 0 Å². The second kappa shape index (κ2) is 5.64. The minimum Gasteiger partial charge on any atom is -0.308 e. The summed E-state index contributed by atoms with van der Waals surface area (Å²) in [6.45, 7) is 5.65. The van der Waals surface area contributed by atoms with E-state index in [2.05, 4.69) is 48.2 Å². The number of nitrogens with zero attached hydrogens (tertiary/aromatic N) is 2. The van der Waals surface area contributed by atoms with Crippen molar-refractivity contribution in [1.82, 2.24) is 0 Å². The van der Waals surface area contributed by atoms with Crippen LogP contribution in [-0.4, -0.2) is 11.0 Å². The second-order valence-corrected chi connectivity index (χ2v) is 7.21. The lowest BCUT2D eigenvalue weighted by Gasteiger charge is -2.35. The zero-order chi connectivity index (χ0) is 16.8. The topological polar surface area (TPSA) is 32.7 Å². The van der Waals surface area contributed by atoms with Crippen molar-refractivity contribution in [3.05, 3.63) is 70.9 Å². The highest BCUT2D eigenvalue weighted by atomic mass is 32.2. The van der Waals surface area contributed by atoms with E-state index in [1.54, 1.807) is 18.7 Å². The molecule has 0 aromatic heterocycles. The molecule has 120 valence electrons. The van der Waals surface area contributed by atoms with Gasteiger partial charge in [-0.2, -0.15) is 0 Å². The van der Waals surface area contributed by atoms with E-state index in [4.69, 9.17) is 4.99 Å². The van der Waals surface area contributed by atoms with Crippen LogP contribution in [-0.2, 0) is 4.79 Å². The number of allylic oxidation sites excluding steroid dienone is 1. The molecular weight excluding hydrogens is 316 g/mol. The Labute approximate surface area is 146 Å². The number of anilines is 1. The molecule has 0 fully saturated rings. The summed E-state index contributed by atoms with van der Waals surface area (Å²) in [7, 11) is 0. The van der Waals surface area contributed by atoms with Gasteiger partial charge in [-0.1, -0.05) is 42.0 Å². The first-order chi connectivity index (χ1) is 11.6. The molecule has 0 radical (unpaired) electrons. The molecule has 0 amide bonds. The Morgan fingerprint density at radius 3 is 2.50 bits per heavy atom. The van der Waals surface area contributed by atoms with E-state index in [1.165, 1.54) is 10.5 Å². The molecule has 0 saturated heterocycles. The number of carbonyl (C=O) groups is 1. The highest BCUT2D eigenvalue weighted by Gasteiger charge is 2.40. The van der Waals surface area contributed by atoms with Gasteiger partial charge in [0.1, 0.15) is 0 Å². The molecule has 4 rings (SSSR count). The summed E-state index contributed by atoms with van der Waals surface area (Å²) in [5.74, 6) is 0.0789. The van der Waals surface area contributed by atoms with E-state index in [-0.39, 0.29) is 11.8 Å². The Hall–Kier alpha value is -2.33. The molecule has 3 nitrogen and oxygen atoms in total. The first-order valence-corrected chi connectivity index (χ1v) is 8.81. The highest BCUT2D eigenvalue weighted by Crippen LogP contribution is 2.49. The third-order valence-corrected chi connectivity index (χ3v) is 5.52. The number of fused-ring (bicyclic) bond motifs is 3. The molecule has 0 aliphatic carbocycles. The Morgan fingerprint density at radius 2 is 1.79 bits per heavy atom. The average molecular weight is 334 g/mol. The van der Waals surface area contributed by atoms with Crippen molar-refractivity contribution >= 4 is 28.4 Å². The number of benzene rings is 2. The molecular formula is C20H18N2OS. The van der Waals surface area contributed by atoms with Gasteiger partial charge in [0, 0.05) is 16.2 Å². The summed E-state index contributed by atoms with van der Waals surface area (Å²) < 4.78 is 0. The first-order valence-electron chi connectivity index (χ1n) is 7.99. The molecule has 1 atom stereocenters. The zero-order valence-electron chi connectivity index (χ0n) is 13.9. The predicted molar refractivity (Wildman–Crippen MR) is 99.5 cm³/mol. The van der Waals surface area contributed by atoms with Crippen LogP contribution in [0.3, 0.4) is 0 Å². The molecule has 0 saturated carbocycles. The lowest BCUT2D eigenvalue weighted by molar-refractivity contribution is -0.113. The number of hydrogen-bond acceptors (Lipinski definition) is 4. The number of hydrogen-bond donors (Lipinski definition) is 0. The van der Waals surface area contributed by atoms with Gasteiger partial charge in [-0.25, -0.2) is 4.99 Å². The fourth-order valence-electron chi connectivity index (χ4n) is 3.36. The zero-order valence-corrected chi connectivity index (χ0v) is 14.7. The van der Waals surface area contributed by atoms with Gasteiger partial charge in [0.05, 0.1) is 11.7 Å². The molecule has 0 spiro atoms. The number of aliphatic imine (C=N–C) groups is 1. The summed E-state index contributed by atoms with van der Waals surface area (Å²) >= 11 is 1.67. The molecule has 0 bridgehead atoms. The Balaban J connectivity index is 1.93. The maximum absolute atomic E-state index is 12.4. The third-order valence-electron chi connectivity index (χ3n) is 4.49. The number of aryl methyl sites for hydroxylation is 1. The van der Waals surface area contributed by atoms with Crippen LogP contribution >= 0.6 is 11.8 Å². The van der Waals surface area contributed by atoms with Gasteiger partial charge in [0.2, 0.25) is 0 Å². The minimum atomic E-state index is -0.119. The molecule has 2 aromatic rings. The molecule has 4 heteroatoms. The van der Waals surface area contributed by atoms with Gasteiger partial charge in [0.25, 0.3) is 0 Å². The molecule has 2 aromatic carbocycles. The van der Waals surface area contributed by atoms with Gasteiger partial charge >= 0.3 is 0 Å². The van der Waals surface area contributed by atoms with Gasteiger partial charge < -0.3 is 4.90 Å². The van der Waals surface area contributed by atoms with Gasteiger partial charge in [0.15, 0.2) is 11.0 Å². The Kier molecular flexibility index (Phi) is 3.57. The molecule has 2 heterocycles. The van der Waals surface area contributed by atoms with Crippen LogP contribution in [0.15, 0.2) is 69.7 Å². The van der Waals surface area contributed by atoms with E-state index >= 15 is 0 Å². The number of para-hydroxylation sites is 1. The second-order valence-electron chi connectivity index (χ2n) is 6.20. The average Bonchev–Trinajstić information content (AvgIpc) is 2.92. The predicted octanol–water partition coefficient (Wildman–Crippen LogP) is 4.88. The molecule has 2 aliphatic heterocycles. The number of Topliss-reactive ketones (excluding diaryl/α,β-unsaturated/α-hetero) is 1. The van der Waals surface area contributed by atoms with Crippen LogP contribution in [0.1, 0.15) is 31.0 Å². The molecule has 0 N–H and O–H groups in total. The lowest BCUT2D eigenvalue weighted by Crippen LogP contribution is -2.36. The third kappa shape index (κ3) is 2.29. The van der Waals surface area contributed by atoms with Crippen molar-refractivity contribution in [3.63, 3.8) is 0 Å². The number of thioether (sulfide) groups is 1. The molecule has 24 heavy (non-hydrogen) atoms. The maximum atomic E-state index is 12.4. The Morgan fingerprint density at radius 1 is 1.08 bits per heavy atom. The number of carbonyl (C=O) groups excluding carboxylic acids is 1. The van der Waals surface area contributed by atoms with E-state index < -0.39 is 0 Å². The van der Waals surface area contributed by atoms with Crippen LogP contribution in [0, 0.1) is 6.92 Å². The van der Waals surface area contributed by atoms with Gasteiger partial charge in [-0.05, 0) is 50.2 Å². The SMILES string of the molecule is CC(=O)C1=C(C)N=C2Sc3ccccc3N2C1c1ccc(C)cc1. The van der Waals surface area contributed by atoms with Crippen LogP contribution in [0.25, 0.3) is 0 Å². The van der Waals surface area contributed by atoms with Crippen molar-refractivity contribution in [2.45, 2.75) is 31.7 Å². The summed E-state index contributed by atoms with van der Waals surface area (Å²) in [6, 6.07) is 16.6. The van der Waals surface area contributed by atoms with Crippen LogP contribution in [0.2, 0.25) is 0 Å². The molecule has 1 unspecified atom stereocenters. The van der Waals surface area contributed by atoms with Crippen molar-refractivity contribution in [3.8, 4) is 0 Å². The lowest BCUT2D eigenvalue weighted by atomic mass is 9.91. The van der Waals surface area contributed by atoms with E-state index in [1.807, 2.05) is 19.1 Å². The Bertz CT molecular complexity index is 896. The van der Waals surface area contributed by atoms with E-state index in [0.717, 1.165) is 27.7 Å². The van der Waals surface area contributed by atoms with E-state index in [9.17, 15) is 4.79 Å². The summed E-state index contributed by atoms with van der Waals surface area (Å²) in [5.41, 5.74) is 5.05. The number of ketones is 1. The standard InChI is InChI=1S/C20H18N2OS/c1-12-8-10-15(11-9-12)19-18(14(3)23)13(2)21-20-22(19)16-6-4-5-7-17(16)24-20/h4-11,19H,1-3H3. The fraction of sp³-hybridized carbons (Fsp3) is 0.200. The summed E-state index contributed by atoms with van der Waals surface area (Å²) in [4.78, 5) is 20.5. The number of amidine groups is 1. The molecule has 2 aliphatic rings. The van der Waals surface area contributed by atoms with Crippen LogP contribution < -0.4 is 4.90 Å². The fourth-order valence-corrected chi connectivity index (χ4v) is 4.46. The van der Waals surface area contributed by atoms with Crippen molar-refractivity contribution < 1.29 is 4.79 Å². The number of rotatable bonds is 2. The monoisotopic (exact) mass is 334 g/mol. The summed E-state index contributed by atoms with van der Waals surface area (Å²) in [5, 5.41) is 0.948. The largest absolute Gasteiger partial charge is 0.308 e. The summed E-state index contributed by atoms with van der Waals surface area (Å²) in [6.07, 6.45) is 0.